The van der Waals surface area contributed by atoms with Gasteiger partial charge < -0.3 is 0 Å². The second-order valence-electron chi connectivity index (χ2n) is 4.77. The summed E-state index contributed by atoms with van der Waals surface area (Å²) in [5, 5.41) is 0. The number of benzene rings is 3. The lowest BCUT2D eigenvalue weighted by Gasteiger charge is -2.09. The normalized spacial score (nSPS) is 10.7. The first-order chi connectivity index (χ1) is 10.6. The fourth-order valence-electron chi connectivity index (χ4n) is 2.35. The van der Waals surface area contributed by atoms with Crippen molar-refractivity contribution in [2.75, 3.05) is 0 Å². The fourth-order valence-corrected chi connectivity index (χ4v) is 3.90. The molecule has 0 N–H and O–H groups in total. The zero-order valence-corrected chi connectivity index (χ0v) is 15.6. The van der Waals surface area contributed by atoms with Gasteiger partial charge in [0, 0.05) is 18.3 Å². The molecule has 3 rings (SSSR count). The molecule has 0 amide bonds. The van der Waals surface area contributed by atoms with Gasteiger partial charge in [0.05, 0.1) is 0 Å². The third-order valence-corrected chi connectivity index (χ3v) is 5.19. The van der Waals surface area contributed by atoms with Gasteiger partial charge in [-0.05, 0) is 80.6 Å². The standard InChI is InChI=1S/C18H10F2I2/c19-13-3-1-5-15(21)17(13)11-7-9-12(10-8-11)18-14(20)4-2-6-16(18)22/h1-10H. The largest absolute Gasteiger partial charge is 0.206 e. The first-order valence-corrected chi connectivity index (χ1v) is 8.72. The predicted molar refractivity (Wildman–Crippen MR) is 103 cm³/mol. The van der Waals surface area contributed by atoms with E-state index in [0.717, 1.165) is 18.3 Å². The van der Waals surface area contributed by atoms with Crippen LogP contribution in [0.1, 0.15) is 0 Å². The van der Waals surface area contributed by atoms with Gasteiger partial charge in [-0.1, -0.05) is 36.4 Å². The minimum Gasteiger partial charge on any atom is -0.206 e. The molecule has 0 unspecified atom stereocenters. The third-order valence-electron chi connectivity index (χ3n) is 3.39. The van der Waals surface area contributed by atoms with E-state index >= 15 is 0 Å². The highest BCUT2D eigenvalue weighted by Gasteiger charge is 2.12. The van der Waals surface area contributed by atoms with Crippen LogP contribution in [0.3, 0.4) is 0 Å². The van der Waals surface area contributed by atoms with Crippen molar-refractivity contribution in [3.05, 3.63) is 79.4 Å². The van der Waals surface area contributed by atoms with E-state index in [1.165, 1.54) is 12.1 Å². The van der Waals surface area contributed by atoms with E-state index in [0.29, 0.717) is 11.1 Å². The maximum Gasteiger partial charge on any atom is 0.132 e. The predicted octanol–water partition coefficient (Wildman–Crippen LogP) is 6.51. The molecule has 0 aromatic heterocycles. The third kappa shape index (κ3) is 3.03. The molecule has 0 spiro atoms. The van der Waals surface area contributed by atoms with Crippen LogP contribution in [0.15, 0.2) is 60.7 Å². The van der Waals surface area contributed by atoms with Crippen LogP contribution < -0.4 is 0 Å². The van der Waals surface area contributed by atoms with Gasteiger partial charge in [0.25, 0.3) is 0 Å². The summed E-state index contributed by atoms with van der Waals surface area (Å²) < 4.78 is 29.7. The smallest absolute Gasteiger partial charge is 0.132 e. The van der Waals surface area contributed by atoms with Gasteiger partial charge in [-0.15, -0.1) is 0 Å². The molecule has 0 saturated carbocycles. The molecule has 0 saturated heterocycles. The summed E-state index contributed by atoms with van der Waals surface area (Å²) in [6, 6.07) is 17.3. The summed E-state index contributed by atoms with van der Waals surface area (Å²) in [6.45, 7) is 0. The van der Waals surface area contributed by atoms with Crippen molar-refractivity contribution in [2.45, 2.75) is 0 Å². The molecule has 3 aromatic carbocycles. The van der Waals surface area contributed by atoms with Gasteiger partial charge in [0.1, 0.15) is 11.6 Å². The van der Waals surface area contributed by atoms with Crippen LogP contribution in [0.4, 0.5) is 8.78 Å². The van der Waals surface area contributed by atoms with Crippen LogP contribution in [0.25, 0.3) is 22.3 Å². The van der Waals surface area contributed by atoms with Crippen molar-refractivity contribution in [3.63, 3.8) is 0 Å². The van der Waals surface area contributed by atoms with E-state index in [2.05, 4.69) is 45.2 Å². The summed E-state index contributed by atoms with van der Waals surface area (Å²) in [5.74, 6) is -0.500. The second-order valence-corrected chi connectivity index (χ2v) is 7.10. The van der Waals surface area contributed by atoms with Gasteiger partial charge in [0.2, 0.25) is 0 Å². The van der Waals surface area contributed by atoms with Crippen molar-refractivity contribution in [1.82, 2.24) is 0 Å². The minimum atomic E-state index is -0.250. The number of hydrogen-bond donors (Lipinski definition) is 0. The molecule has 0 aliphatic rings. The van der Waals surface area contributed by atoms with Crippen molar-refractivity contribution < 1.29 is 8.78 Å². The zero-order valence-electron chi connectivity index (χ0n) is 11.3. The lowest BCUT2D eigenvalue weighted by atomic mass is 10.00. The highest BCUT2D eigenvalue weighted by molar-refractivity contribution is 14.1. The maximum atomic E-state index is 14.0. The first kappa shape index (κ1) is 15.9. The van der Waals surface area contributed by atoms with E-state index in [1.807, 2.05) is 36.4 Å². The maximum absolute atomic E-state index is 14.0. The quantitative estimate of drug-likeness (QED) is 0.340. The Bertz CT molecular complexity index is 716. The van der Waals surface area contributed by atoms with Crippen molar-refractivity contribution in [2.24, 2.45) is 0 Å². The van der Waals surface area contributed by atoms with Gasteiger partial charge in [-0.25, -0.2) is 8.78 Å². The molecule has 22 heavy (non-hydrogen) atoms. The highest BCUT2D eigenvalue weighted by Crippen LogP contribution is 2.32. The summed E-state index contributed by atoms with van der Waals surface area (Å²) in [6.07, 6.45) is 0. The summed E-state index contributed by atoms with van der Waals surface area (Å²) in [5.41, 5.74) is 2.74. The molecule has 0 radical (unpaired) electrons. The molecule has 0 nitrogen and oxygen atoms in total. The Morgan fingerprint density at radius 3 is 1.23 bits per heavy atom. The van der Waals surface area contributed by atoms with E-state index in [4.69, 9.17) is 0 Å². The van der Waals surface area contributed by atoms with E-state index in [9.17, 15) is 8.78 Å². The Kier molecular flexibility index (Phi) is 4.77. The van der Waals surface area contributed by atoms with Crippen LogP contribution in [0.5, 0.6) is 0 Å². The zero-order chi connectivity index (χ0) is 15.7. The van der Waals surface area contributed by atoms with Crippen molar-refractivity contribution in [1.29, 1.82) is 0 Å². The molecule has 0 aliphatic heterocycles. The Hall–Kier alpha value is -1.02. The average Bonchev–Trinajstić information content (AvgIpc) is 2.48. The van der Waals surface area contributed by atoms with Crippen LogP contribution in [-0.4, -0.2) is 0 Å². The number of rotatable bonds is 2. The lowest BCUT2D eigenvalue weighted by molar-refractivity contribution is 0.629. The van der Waals surface area contributed by atoms with Gasteiger partial charge >= 0.3 is 0 Å². The van der Waals surface area contributed by atoms with Crippen LogP contribution in [-0.2, 0) is 0 Å². The molecule has 0 aliphatic carbocycles. The Labute approximate surface area is 154 Å². The summed E-state index contributed by atoms with van der Waals surface area (Å²) in [4.78, 5) is 0. The number of hydrogen-bond acceptors (Lipinski definition) is 0. The summed E-state index contributed by atoms with van der Waals surface area (Å²) in [7, 11) is 0. The number of halogens is 4. The molecular weight excluding hydrogens is 508 g/mol. The molecule has 3 aromatic rings. The molecular formula is C18H10F2I2. The van der Waals surface area contributed by atoms with Crippen molar-refractivity contribution >= 4 is 45.2 Å². The highest BCUT2D eigenvalue weighted by atomic mass is 127. The molecule has 4 heteroatoms. The minimum absolute atomic E-state index is 0.250. The van der Waals surface area contributed by atoms with E-state index < -0.39 is 0 Å². The average molecular weight is 518 g/mol. The van der Waals surface area contributed by atoms with Gasteiger partial charge in [-0.3, -0.25) is 0 Å². The Morgan fingerprint density at radius 2 is 0.909 bits per heavy atom. The molecule has 0 heterocycles. The monoisotopic (exact) mass is 518 g/mol. The lowest BCUT2D eigenvalue weighted by Crippen LogP contribution is -1.91. The summed E-state index contributed by atoms with van der Waals surface area (Å²) >= 11 is 4.24. The fraction of sp³-hybridized carbons (Fsp3) is 0. The molecule has 0 atom stereocenters. The Balaban J connectivity index is 2.08. The van der Waals surface area contributed by atoms with Gasteiger partial charge in [0.15, 0.2) is 0 Å². The molecule has 0 fully saturated rings. The van der Waals surface area contributed by atoms with E-state index in [-0.39, 0.29) is 11.6 Å². The van der Waals surface area contributed by atoms with Crippen molar-refractivity contribution in [3.8, 4) is 22.3 Å². The second kappa shape index (κ2) is 6.62. The molecule has 0 bridgehead atoms. The van der Waals surface area contributed by atoms with Crippen LogP contribution >= 0.6 is 45.2 Å². The topological polar surface area (TPSA) is 0 Å². The van der Waals surface area contributed by atoms with E-state index in [1.54, 1.807) is 12.1 Å². The molecule has 110 valence electrons. The van der Waals surface area contributed by atoms with Crippen LogP contribution in [0.2, 0.25) is 0 Å². The Morgan fingerprint density at radius 1 is 0.545 bits per heavy atom. The first-order valence-electron chi connectivity index (χ1n) is 6.57. The van der Waals surface area contributed by atoms with Crippen LogP contribution in [0, 0.1) is 18.8 Å². The SMILES string of the molecule is Fc1cccc(I)c1-c1ccc(-c2c(F)cccc2I)cc1. The van der Waals surface area contributed by atoms with Gasteiger partial charge in [-0.2, -0.15) is 0 Å².